The molecule has 0 aromatic heterocycles. The number of benzene rings is 2. The number of Topliss-reactive ketones (excluding diaryl/α,β-unsaturated/α-hetero) is 1. The number of ether oxygens (including phenoxy) is 1. The number of hydrogen-bond acceptors (Lipinski definition) is 5. The monoisotopic (exact) mass is 371 g/mol. The molecule has 7 heteroatoms. The first-order valence-electron chi connectivity index (χ1n) is 8.31. The molecule has 0 atom stereocenters. The maximum Gasteiger partial charge on any atom is 0.265 e. The number of aliphatic hydroxyl groups excluding tert-OH is 1. The minimum Gasteiger partial charge on any atom is -0.505 e. The summed E-state index contributed by atoms with van der Waals surface area (Å²) in [6.45, 7) is 2.23. The number of sulfonamides is 1. The third kappa shape index (κ3) is 2.31. The van der Waals surface area contributed by atoms with Crippen LogP contribution in [0.4, 0.5) is 0 Å². The van der Waals surface area contributed by atoms with Crippen molar-refractivity contribution in [1.82, 2.24) is 4.31 Å². The highest BCUT2D eigenvalue weighted by molar-refractivity contribution is 7.89. The number of ketones is 1. The highest BCUT2D eigenvalue weighted by Gasteiger charge is 2.40. The number of nitrogens with zero attached hydrogens (tertiary/aromatic N) is 1. The van der Waals surface area contributed by atoms with Crippen LogP contribution < -0.4 is 4.74 Å². The quantitative estimate of drug-likeness (QED) is 0.648. The minimum absolute atomic E-state index is 0.0363. The molecule has 26 heavy (non-hydrogen) atoms. The Hall–Kier alpha value is -2.80. The third-order valence-corrected chi connectivity index (χ3v) is 6.57. The van der Waals surface area contributed by atoms with Crippen molar-refractivity contribution in [2.45, 2.75) is 18.2 Å². The summed E-state index contributed by atoms with van der Waals surface area (Å²) >= 11 is 0. The number of hydrogen-bond donors (Lipinski definition) is 1. The summed E-state index contributed by atoms with van der Waals surface area (Å²) in [6.07, 6.45) is 0.707. The first-order chi connectivity index (χ1) is 12.4. The molecule has 4 rings (SSSR count). The van der Waals surface area contributed by atoms with Crippen LogP contribution in [0.25, 0.3) is 5.76 Å². The molecule has 0 amide bonds. The van der Waals surface area contributed by atoms with Crippen molar-refractivity contribution < 1.29 is 23.1 Å². The van der Waals surface area contributed by atoms with E-state index in [2.05, 4.69) is 0 Å². The summed E-state index contributed by atoms with van der Waals surface area (Å²) in [4.78, 5) is 12.9. The molecule has 0 fully saturated rings. The van der Waals surface area contributed by atoms with Crippen LogP contribution in [-0.2, 0) is 16.4 Å². The molecular weight excluding hydrogens is 354 g/mol. The second-order valence-electron chi connectivity index (χ2n) is 6.11. The second-order valence-corrected chi connectivity index (χ2v) is 7.94. The van der Waals surface area contributed by atoms with Crippen LogP contribution in [0.1, 0.15) is 28.4 Å². The van der Waals surface area contributed by atoms with E-state index >= 15 is 0 Å². The summed E-state index contributed by atoms with van der Waals surface area (Å²) in [7, 11) is -3.91. The van der Waals surface area contributed by atoms with Crippen LogP contribution in [0.15, 0.2) is 53.1 Å². The molecule has 0 bridgehead atoms. The fourth-order valence-corrected chi connectivity index (χ4v) is 5.06. The standard InChI is InChI=1S/C19H17NO5S/c1-2-20-17(18(21)13-7-8-15-12(11-13)9-10-25-15)19(22)14-5-3-4-6-16(14)26(20,23)24/h3-8,11,21H,2,9-10H2,1H3. The predicted octanol–water partition coefficient (Wildman–Crippen LogP) is 2.76. The van der Waals surface area contributed by atoms with E-state index in [1.165, 1.54) is 12.1 Å². The van der Waals surface area contributed by atoms with Gasteiger partial charge in [0.05, 0.1) is 11.5 Å². The molecule has 0 saturated carbocycles. The van der Waals surface area contributed by atoms with Gasteiger partial charge in [-0.1, -0.05) is 12.1 Å². The van der Waals surface area contributed by atoms with Gasteiger partial charge in [-0.3, -0.25) is 9.10 Å². The van der Waals surface area contributed by atoms with Gasteiger partial charge in [-0.2, -0.15) is 0 Å². The van der Waals surface area contributed by atoms with Crippen molar-refractivity contribution in [2.75, 3.05) is 13.2 Å². The van der Waals surface area contributed by atoms with E-state index in [0.717, 1.165) is 15.6 Å². The molecule has 2 heterocycles. The first-order valence-corrected chi connectivity index (χ1v) is 9.75. The number of carbonyl (C=O) groups is 1. The normalized spacial score (nSPS) is 19.6. The molecule has 1 N–H and O–H groups in total. The summed E-state index contributed by atoms with van der Waals surface area (Å²) in [5, 5.41) is 10.8. The van der Waals surface area contributed by atoms with Crippen molar-refractivity contribution in [1.29, 1.82) is 0 Å². The summed E-state index contributed by atoms with van der Waals surface area (Å²) in [6, 6.07) is 11.1. The smallest absolute Gasteiger partial charge is 0.265 e. The first kappa shape index (κ1) is 16.7. The fourth-order valence-electron chi connectivity index (χ4n) is 3.38. The van der Waals surface area contributed by atoms with Gasteiger partial charge in [0.1, 0.15) is 11.4 Å². The van der Waals surface area contributed by atoms with Crippen molar-refractivity contribution in [3.05, 3.63) is 64.9 Å². The van der Waals surface area contributed by atoms with E-state index in [-0.39, 0.29) is 28.5 Å². The molecule has 2 aromatic rings. The van der Waals surface area contributed by atoms with Crippen LogP contribution in [-0.4, -0.2) is 36.8 Å². The molecule has 0 aliphatic carbocycles. The summed E-state index contributed by atoms with van der Waals surface area (Å²) < 4.78 is 32.3. The Kier molecular flexibility index (Phi) is 3.77. The Morgan fingerprint density at radius 2 is 2.00 bits per heavy atom. The Balaban J connectivity index is 1.94. The SMILES string of the molecule is CCN1C(=C(O)c2ccc3c(c2)CCO3)C(=O)c2ccccc2S1(=O)=O. The summed E-state index contributed by atoms with van der Waals surface area (Å²) in [5.41, 5.74) is 1.17. The van der Waals surface area contributed by atoms with E-state index in [1.54, 1.807) is 37.3 Å². The topological polar surface area (TPSA) is 83.9 Å². The average molecular weight is 371 g/mol. The van der Waals surface area contributed by atoms with Gasteiger partial charge < -0.3 is 9.84 Å². The zero-order valence-corrected chi connectivity index (χ0v) is 14.9. The van der Waals surface area contributed by atoms with Gasteiger partial charge in [0.15, 0.2) is 5.76 Å². The van der Waals surface area contributed by atoms with Gasteiger partial charge >= 0.3 is 0 Å². The van der Waals surface area contributed by atoms with Crippen molar-refractivity contribution in [2.24, 2.45) is 0 Å². The lowest BCUT2D eigenvalue weighted by Gasteiger charge is -2.30. The van der Waals surface area contributed by atoms with Gasteiger partial charge in [-0.15, -0.1) is 0 Å². The molecule has 0 spiro atoms. The van der Waals surface area contributed by atoms with Crippen molar-refractivity contribution >= 4 is 21.6 Å². The maximum absolute atomic E-state index is 13.0. The Morgan fingerprint density at radius 3 is 2.77 bits per heavy atom. The zero-order chi connectivity index (χ0) is 18.5. The summed E-state index contributed by atoms with van der Waals surface area (Å²) in [5.74, 6) is -0.108. The zero-order valence-electron chi connectivity index (χ0n) is 14.1. The highest BCUT2D eigenvalue weighted by Crippen LogP contribution is 2.36. The molecule has 2 aliphatic heterocycles. The van der Waals surface area contributed by atoms with Gasteiger partial charge in [-0.25, -0.2) is 8.42 Å². The van der Waals surface area contributed by atoms with E-state index in [1.807, 2.05) is 0 Å². The van der Waals surface area contributed by atoms with Crippen molar-refractivity contribution in [3.8, 4) is 5.75 Å². The highest BCUT2D eigenvalue weighted by atomic mass is 32.2. The van der Waals surface area contributed by atoms with Crippen LogP contribution in [0.5, 0.6) is 5.75 Å². The number of allylic oxidation sites excluding steroid dienone is 1. The maximum atomic E-state index is 13.0. The Labute approximate surface area is 151 Å². The van der Waals surface area contributed by atoms with Crippen molar-refractivity contribution in [3.63, 3.8) is 0 Å². The second kappa shape index (κ2) is 5.88. The molecule has 6 nitrogen and oxygen atoms in total. The molecule has 134 valence electrons. The van der Waals surface area contributed by atoms with Crippen LogP contribution in [0.3, 0.4) is 0 Å². The average Bonchev–Trinajstić information content (AvgIpc) is 3.11. The van der Waals surface area contributed by atoms with Gasteiger partial charge in [0.25, 0.3) is 10.0 Å². The number of likely N-dealkylation sites (N-methyl/N-ethyl adjacent to an activating group) is 1. The van der Waals surface area contributed by atoms with E-state index < -0.39 is 15.8 Å². The van der Waals surface area contributed by atoms with Gasteiger partial charge in [-0.05, 0) is 42.8 Å². The molecule has 0 radical (unpaired) electrons. The number of aliphatic hydroxyl groups is 1. The Bertz CT molecular complexity index is 1060. The number of rotatable bonds is 2. The van der Waals surface area contributed by atoms with Crippen LogP contribution in [0, 0.1) is 0 Å². The third-order valence-electron chi connectivity index (χ3n) is 4.64. The predicted molar refractivity (Wildman–Crippen MR) is 95.5 cm³/mol. The molecule has 0 unspecified atom stereocenters. The molecule has 2 aromatic carbocycles. The van der Waals surface area contributed by atoms with Gasteiger partial charge in [0.2, 0.25) is 5.78 Å². The van der Waals surface area contributed by atoms with Crippen LogP contribution >= 0.6 is 0 Å². The van der Waals surface area contributed by atoms with E-state index in [9.17, 15) is 18.3 Å². The van der Waals surface area contributed by atoms with Gasteiger partial charge in [0, 0.05) is 24.1 Å². The molecule has 0 saturated heterocycles. The minimum atomic E-state index is -3.91. The van der Waals surface area contributed by atoms with E-state index in [0.29, 0.717) is 18.6 Å². The Morgan fingerprint density at radius 1 is 1.23 bits per heavy atom. The lowest BCUT2D eigenvalue weighted by molar-refractivity contribution is 0.0999. The molecular formula is C19H17NO5S. The van der Waals surface area contributed by atoms with Crippen LogP contribution in [0.2, 0.25) is 0 Å². The fraction of sp³-hybridized carbons (Fsp3) is 0.211. The number of fused-ring (bicyclic) bond motifs is 2. The lowest BCUT2D eigenvalue weighted by atomic mass is 10.0. The number of carbonyl (C=O) groups excluding carboxylic acids is 1. The van der Waals surface area contributed by atoms with E-state index in [4.69, 9.17) is 4.74 Å². The largest absolute Gasteiger partial charge is 0.505 e. The molecule has 2 aliphatic rings. The lowest BCUT2D eigenvalue weighted by Crippen LogP contribution is -2.39.